The highest BCUT2D eigenvalue weighted by Gasteiger charge is 2.30. The van der Waals surface area contributed by atoms with Crippen LogP contribution in [0.3, 0.4) is 0 Å². The van der Waals surface area contributed by atoms with Crippen molar-refractivity contribution in [3.8, 4) is 5.69 Å². The molecule has 0 spiro atoms. The Hall–Kier alpha value is -1.81. The minimum Gasteiger partial charge on any atom is -0.369 e. The average Bonchev–Trinajstić information content (AvgIpc) is 3.18. The number of hydrogen-bond acceptors (Lipinski definition) is 3. The molecule has 2 aromatic rings. The second-order valence-corrected chi connectivity index (χ2v) is 6.80. The van der Waals surface area contributed by atoms with Gasteiger partial charge in [-0.15, -0.1) is 0 Å². The summed E-state index contributed by atoms with van der Waals surface area (Å²) in [5.41, 5.74) is 5.29. The zero-order chi connectivity index (χ0) is 15.8. The molecule has 2 aliphatic rings. The summed E-state index contributed by atoms with van der Waals surface area (Å²) in [6.07, 6.45) is 3.60. The Morgan fingerprint density at radius 1 is 1.22 bits per heavy atom. The maximum Gasteiger partial charge on any atom is 0.133 e. The fraction of sp³-hybridized carbons (Fsp3) is 0.526. The van der Waals surface area contributed by atoms with E-state index in [2.05, 4.69) is 53.0 Å². The minimum absolute atomic E-state index is 0.622. The van der Waals surface area contributed by atoms with Crippen LogP contribution in [0, 0.1) is 6.92 Å². The van der Waals surface area contributed by atoms with Crippen LogP contribution in [0.1, 0.15) is 42.5 Å². The molecule has 3 heterocycles. The summed E-state index contributed by atoms with van der Waals surface area (Å²) in [5, 5.41) is 8.64. The molecule has 0 atom stereocenters. The number of para-hydroxylation sites is 1. The van der Waals surface area contributed by atoms with Crippen molar-refractivity contribution in [3.63, 3.8) is 0 Å². The summed E-state index contributed by atoms with van der Waals surface area (Å²) in [7, 11) is 0. The van der Waals surface area contributed by atoms with E-state index < -0.39 is 0 Å². The van der Waals surface area contributed by atoms with Gasteiger partial charge in [-0.05, 0) is 57.5 Å². The van der Waals surface area contributed by atoms with Crippen LogP contribution in [0.25, 0.3) is 5.69 Å². The van der Waals surface area contributed by atoms with Crippen LogP contribution in [0.15, 0.2) is 24.3 Å². The second kappa shape index (κ2) is 6.00. The smallest absolute Gasteiger partial charge is 0.133 e. The van der Waals surface area contributed by atoms with Gasteiger partial charge >= 0.3 is 0 Å². The van der Waals surface area contributed by atoms with Crippen LogP contribution in [-0.2, 0) is 6.42 Å². The normalized spacial score (nSPS) is 18.9. The van der Waals surface area contributed by atoms with Crippen LogP contribution in [-0.4, -0.2) is 40.9 Å². The maximum atomic E-state index is 5.07. The summed E-state index contributed by atoms with van der Waals surface area (Å²) in [6, 6.07) is 8.53. The predicted octanol–water partition coefficient (Wildman–Crippen LogP) is 3.35. The summed E-state index contributed by atoms with van der Waals surface area (Å²) < 4.78 is 2.15. The van der Waals surface area contributed by atoms with Crippen molar-refractivity contribution in [2.45, 2.75) is 39.0 Å². The van der Waals surface area contributed by atoms with E-state index >= 15 is 0 Å². The van der Waals surface area contributed by atoms with Crippen molar-refractivity contribution >= 4 is 5.82 Å². The molecule has 0 unspecified atom stereocenters. The number of piperidine rings is 1. The molecule has 0 amide bonds. The Labute approximate surface area is 138 Å². The summed E-state index contributed by atoms with van der Waals surface area (Å²) in [6.45, 7) is 9.05. The lowest BCUT2D eigenvalue weighted by Gasteiger charge is -2.30. The standard InChI is InChI=1S/C19H26N4/c1-3-22-12-9-15(10-13-22)18-16-8-11-20-19(16)23(21-18)17-7-5-4-6-14(17)2/h4-7,15,20H,3,8-13H2,1-2H3. The molecule has 1 saturated heterocycles. The first-order valence-electron chi connectivity index (χ1n) is 8.92. The lowest BCUT2D eigenvalue weighted by atomic mass is 9.91. The third kappa shape index (κ3) is 2.55. The lowest BCUT2D eigenvalue weighted by molar-refractivity contribution is 0.220. The van der Waals surface area contributed by atoms with E-state index in [4.69, 9.17) is 5.10 Å². The van der Waals surface area contributed by atoms with Gasteiger partial charge in [0, 0.05) is 18.0 Å². The molecule has 4 rings (SSSR count). The summed E-state index contributed by atoms with van der Waals surface area (Å²) in [5.74, 6) is 1.85. The van der Waals surface area contributed by atoms with E-state index in [0.29, 0.717) is 5.92 Å². The first-order chi connectivity index (χ1) is 11.3. The highest BCUT2D eigenvalue weighted by molar-refractivity contribution is 5.59. The largest absolute Gasteiger partial charge is 0.369 e. The molecule has 4 nitrogen and oxygen atoms in total. The third-order valence-electron chi connectivity index (χ3n) is 5.45. The molecule has 0 radical (unpaired) electrons. The van der Waals surface area contributed by atoms with Crippen molar-refractivity contribution < 1.29 is 0 Å². The fourth-order valence-corrected chi connectivity index (χ4v) is 4.03. The Kier molecular flexibility index (Phi) is 3.85. The predicted molar refractivity (Wildman–Crippen MR) is 94.6 cm³/mol. The Bertz CT molecular complexity index is 695. The van der Waals surface area contributed by atoms with Gasteiger partial charge in [-0.2, -0.15) is 5.10 Å². The maximum absolute atomic E-state index is 5.07. The van der Waals surface area contributed by atoms with Crippen LogP contribution in [0.4, 0.5) is 5.82 Å². The molecule has 0 bridgehead atoms. The van der Waals surface area contributed by atoms with Gasteiger partial charge < -0.3 is 10.2 Å². The molecule has 1 N–H and O–H groups in total. The number of hydrogen-bond donors (Lipinski definition) is 1. The summed E-state index contributed by atoms with van der Waals surface area (Å²) >= 11 is 0. The fourth-order valence-electron chi connectivity index (χ4n) is 4.03. The number of benzene rings is 1. The van der Waals surface area contributed by atoms with Crippen molar-refractivity contribution in [1.82, 2.24) is 14.7 Å². The van der Waals surface area contributed by atoms with Gasteiger partial charge in [-0.25, -0.2) is 4.68 Å². The van der Waals surface area contributed by atoms with E-state index in [0.717, 1.165) is 13.0 Å². The average molecular weight is 310 g/mol. The SMILES string of the molecule is CCN1CCC(c2nn(-c3ccccc3C)c3c2CCN3)CC1. The van der Waals surface area contributed by atoms with Crippen LogP contribution in [0.2, 0.25) is 0 Å². The number of likely N-dealkylation sites (tertiary alicyclic amines) is 1. The Balaban J connectivity index is 1.70. The molecule has 122 valence electrons. The molecule has 1 aromatic heterocycles. The van der Waals surface area contributed by atoms with Gasteiger partial charge in [0.05, 0.1) is 11.4 Å². The van der Waals surface area contributed by atoms with E-state index in [1.807, 2.05) is 0 Å². The van der Waals surface area contributed by atoms with Gasteiger partial charge in [0.25, 0.3) is 0 Å². The van der Waals surface area contributed by atoms with Gasteiger partial charge in [-0.3, -0.25) is 0 Å². The van der Waals surface area contributed by atoms with Gasteiger partial charge in [0.2, 0.25) is 0 Å². The minimum atomic E-state index is 0.622. The third-order valence-corrected chi connectivity index (χ3v) is 5.45. The van der Waals surface area contributed by atoms with E-state index in [9.17, 15) is 0 Å². The van der Waals surface area contributed by atoms with Gasteiger partial charge in [0.1, 0.15) is 5.82 Å². The number of rotatable bonds is 3. The molecular weight excluding hydrogens is 284 g/mol. The van der Waals surface area contributed by atoms with Gasteiger partial charge in [0.15, 0.2) is 0 Å². The number of nitrogens with one attached hydrogen (secondary N) is 1. The molecule has 4 heteroatoms. The van der Waals surface area contributed by atoms with Crippen molar-refractivity contribution in [2.75, 3.05) is 31.5 Å². The van der Waals surface area contributed by atoms with Gasteiger partial charge in [-0.1, -0.05) is 25.1 Å². The van der Waals surface area contributed by atoms with E-state index in [1.165, 1.54) is 60.8 Å². The topological polar surface area (TPSA) is 33.1 Å². The van der Waals surface area contributed by atoms with Crippen molar-refractivity contribution in [1.29, 1.82) is 0 Å². The second-order valence-electron chi connectivity index (χ2n) is 6.80. The zero-order valence-electron chi connectivity index (χ0n) is 14.2. The Morgan fingerprint density at radius 2 is 2.00 bits per heavy atom. The monoisotopic (exact) mass is 310 g/mol. The number of nitrogens with zero attached hydrogens (tertiary/aromatic N) is 3. The zero-order valence-corrected chi connectivity index (χ0v) is 14.2. The quantitative estimate of drug-likeness (QED) is 0.944. The van der Waals surface area contributed by atoms with E-state index in [-0.39, 0.29) is 0 Å². The first kappa shape index (κ1) is 14.8. The molecule has 0 saturated carbocycles. The van der Waals surface area contributed by atoms with Crippen molar-refractivity contribution in [3.05, 3.63) is 41.1 Å². The molecule has 1 fully saturated rings. The summed E-state index contributed by atoms with van der Waals surface area (Å²) in [4.78, 5) is 2.55. The highest BCUT2D eigenvalue weighted by Crippen LogP contribution is 2.37. The molecule has 2 aliphatic heterocycles. The molecule has 1 aromatic carbocycles. The molecular formula is C19H26N4. The molecule has 23 heavy (non-hydrogen) atoms. The van der Waals surface area contributed by atoms with Crippen molar-refractivity contribution in [2.24, 2.45) is 0 Å². The van der Waals surface area contributed by atoms with Crippen LogP contribution >= 0.6 is 0 Å². The number of fused-ring (bicyclic) bond motifs is 1. The van der Waals surface area contributed by atoms with E-state index in [1.54, 1.807) is 0 Å². The molecule has 0 aliphatic carbocycles. The number of aryl methyl sites for hydroxylation is 1. The van der Waals surface area contributed by atoms with Crippen LogP contribution in [0.5, 0.6) is 0 Å². The number of anilines is 1. The first-order valence-corrected chi connectivity index (χ1v) is 8.92. The highest BCUT2D eigenvalue weighted by atomic mass is 15.3. The Morgan fingerprint density at radius 3 is 2.74 bits per heavy atom. The lowest BCUT2D eigenvalue weighted by Crippen LogP contribution is -2.33. The number of aromatic nitrogens is 2. The van der Waals surface area contributed by atoms with Crippen LogP contribution < -0.4 is 5.32 Å².